The van der Waals surface area contributed by atoms with Crippen molar-refractivity contribution in [3.8, 4) is 0 Å². The van der Waals surface area contributed by atoms with E-state index in [0.717, 1.165) is 43.0 Å². The van der Waals surface area contributed by atoms with Gasteiger partial charge in [0.1, 0.15) is 5.56 Å². The maximum Gasteiger partial charge on any atom is 0.345 e. The van der Waals surface area contributed by atoms with E-state index in [1.807, 2.05) is 18.4 Å². The van der Waals surface area contributed by atoms with Gasteiger partial charge in [0.25, 0.3) is 5.69 Å². The van der Waals surface area contributed by atoms with E-state index in [-0.39, 0.29) is 22.5 Å². The van der Waals surface area contributed by atoms with Crippen LogP contribution in [-0.2, 0) is 16.0 Å². The van der Waals surface area contributed by atoms with E-state index >= 15 is 0 Å². The molecule has 2 aromatic rings. The summed E-state index contributed by atoms with van der Waals surface area (Å²) in [6, 6.07) is 5.34. The molecule has 9 heteroatoms. The fraction of sp³-hybridized carbons (Fsp3) is 0.400. The van der Waals surface area contributed by atoms with E-state index in [1.54, 1.807) is 6.07 Å². The average molecular weight is 421 g/mol. The van der Waals surface area contributed by atoms with Crippen LogP contribution in [0, 0.1) is 24.0 Å². The third-order valence-corrected chi connectivity index (χ3v) is 5.23. The van der Waals surface area contributed by atoms with Crippen molar-refractivity contribution in [2.24, 2.45) is 0 Å². The molecule has 8 nitrogen and oxygen atoms in total. The standard InChI is InChI=1S/C20H21ClN2O6/c1-12-8-16(13(2)22(12)10-15-4-3-7-28-15)19(24)11-29-20(25)17-9-14(21)5-6-18(17)23(26)27/h5-6,8-9,15H,3-4,7,10-11H2,1-2H3/t15-/m0/s1. The molecule has 0 radical (unpaired) electrons. The van der Waals surface area contributed by atoms with Crippen LogP contribution in [0.15, 0.2) is 24.3 Å². The van der Waals surface area contributed by atoms with Gasteiger partial charge in [-0.05, 0) is 44.9 Å². The first-order valence-electron chi connectivity index (χ1n) is 9.20. The fourth-order valence-corrected chi connectivity index (χ4v) is 3.65. The maximum absolute atomic E-state index is 12.6. The summed E-state index contributed by atoms with van der Waals surface area (Å²) >= 11 is 5.82. The number of halogens is 1. The molecule has 1 aliphatic heterocycles. The first-order valence-corrected chi connectivity index (χ1v) is 9.58. The van der Waals surface area contributed by atoms with E-state index in [9.17, 15) is 19.7 Å². The molecule has 1 aromatic carbocycles. The second-order valence-electron chi connectivity index (χ2n) is 6.95. The summed E-state index contributed by atoms with van der Waals surface area (Å²) < 4.78 is 12.7. The van der Waals surface area contributed by atoms with Gasteiger partial charge in [0.2, 0.25) is 5.78 Å². The van der Waals surface area contributed by atoms with E-state index in [1.165, 1.54) is 6.07 Å². The molecule has 0 unspecified atom stereocenters. The Bertz CT molecular complexity index is 962. The van der Waals surface area contributed by atoms with Crippen molar-refractivity contribution in [1.29, 1.82) is 0 Å². The number of rotatable bonds is 7. The van der Waals surface area contributed by atoms with Crippen LogP contribution in [0.4, 0.5) is 5.69 Å². The summed E-state index contributed by atoms with van der Waals surface area (Å²) in [4.78, 5) is 35.3. The molecular formula is C20H21ClN2O6. The molecule has 2 heterocycles. The lowest BCUT2D eigenvalue weighted by molar-refractivity contribution is -0.385. The molecule has 1 saturated heterocycles. The Hall–Kier alpha value is -2.71. The van der Waals surface area contributed by atoms with Crippen molar-refractivity contribution in [3.05, 3.63) is 61.9 Å². The van der Waals surface area contributed by atoms with Gasteiger partial charge >= 0.3 is 5.97 Å². The largest absolute Gasteiger partial charge is 0.454 e. The smallest absolute Gasteiger partial charge is 0.345 e. The molecule has 154 valence electrons. The van der Waals surface area contributed by atoms with Crippen LogP contribution in [0.3, 0.4) is 0 Å². The number of benzene rings is 1. The summed E-state index contributed by atoms with van der Waals surface area (Å²) in [5, 5.41) is 11.3. The van der Waals surface area contributed by atoms with E-state index < -0.39 is 23.2 Å². The van der Waals surface area contributed by atoms with Crippen molar-refractivity contribution in [1.82, 2.24) is 4.57 Å². The second-order valence-corrected chi connectivity index (χ2v) is 7.38. The van der Waals surface area contributed by atoms with E-state index in [0.29, 0.717) is 12.1 Å². The number of esters is 1. The van der Waals surface area contributed by atoms with E-state index in [2.05, 4.69) is 0 Å². The van der Waals surface area contributed by atoms with Gasteiger partial charge < -0.3 is 14.0 Å². The Labute approximate surface area is 172 Å². The maximum atomic E-state index is 12.6. The zero-order valence-corrected chi connectivity index (χ0v) is 16.9. The Balaban J connectivity index is 1.70. The molecular weight excluding hydrogens is 400 g/mol. The van der Waals surface area contributed by atoms with Crippen LogP contribution in [0.25, 0.3) is 0 Å². The molecule has 0 N–H and O–H groups in total. The van der Waals surface area contributed by atoms with Gasteiger partial charge in [-0.25, -0.2) is 4.79 Å². The Morgan fingerprint density at radius 2 is 2.07 bits per heavy atom. The first-order chi connectivity index (χ1) is 13.8. The predicted molar refractivity (Wildman–Crippen MR) is 106 cm³/mol. The minimum Gasteiger partial charge on any atom is -0.454 e. The average Bonchev–Trinajstić information content (AvgIpc) is 3.29. The number of Topliss-reactive ketones (excluding diaryl/α,β-unsaturated/α-hetero) is 1. The highest BCUT2D eigenvalue weighted by Gasteiger charge is 2.25. The Morgan fingerprint density at radius 1 is 1.31 bits per heavy atom. The molecule has 0 amide bonds. The zero-order chi connectivity index (χ0) is 21.1. The molecule has 0 saturated carbocycles. The van der Waals surface area contributed by atoms with Crippen LogP contribution < -0.4 is 0 Å². The van der Waals surface area contributed by atoms with Gasteiger partial charge in [0, 0.05) is 41.2 Å². The third kappa shape index (κ3) is 4.65. The van der Waals surface area contributed by atoms with Crippen LogP contribution in [0.1, 0.15) is 44.9 Å². The molecule has 3 rings (SSSR count). The molecule has 29 heavy (non-hydrogen) atoms. The van der Waals surface area contributed by atoms with Crippen LogP contribution in [-0.4, -0.2) is 40.6 Å². The number of carbonyl (C=O) groups excluding carboxylic acids is 2. The molecule has 0 bridgehead atoms. The lowest BCUT2D eigenvalue weighted by atomic mass is 10.1. The minimum atomic E-state index is -0.972. The number of carbonyl (C=O) groups is 2. The van der Waals surface area contributed by atoms with Crippen molar-refractivity contribution < 1.29 is 24.0 Å². The summed E-state index contributed by atoms with van der Waals surface area (Å²) in [5.74, 6) is -1.35. The normalized spacial score (nSPS) is 16.0. The number of ketones is 1. The van der Waals surface area contributed by atoms with Gasteiger partial charge in [0.05, 0.1) is 11.0 Å². The number of aryl methyl sites for hydroxylation is 1. The minimum absolute atomic E-state index is 0.129. The number of nitro groups is 1. The van der Waals surface area contributed by atoms with Crippen LogP contribution in [0.2, 0.25) is 5.02 Å². The zero-order valence-electron chi connectivity index (χ0n) is 16.1. The van der Waals surface area contributed by atoms with Gasteiger partial charge in [-0.1, -0.05) is 11.6 Å². The SMILES string of the molecule is Cc1cc(C(=O)COC(=O)c2cc(Cl)ccc2[N+](=O)[O-])c(C)n1C[C@@H]1CCCO1. The number of aromatic nitrogens is 1. The Morgan fingerprint density at radius 3 is 2.72 bits per heavy atom. The third-order valence-electron chi connectivity index (χ3n) is 4.99. The quantitative estimate of drug-likeness (QED) is 0.291. The molecule has 1 aliphatic rings. The summed E-state index contributed by atoms with van der Waals surface area (Å²) in [6.45, 7) is 4.63. The predicted octanol–water partition coefficient (Wildman–Crippen LogP) is 3.89. The highest BCUT2D eigenvalue weighted by atomic mass is 35.5. The Kier molecular flexibility index (Phi) is 6.34. The van der Waals surface area contributed by atoms with Gasteiger partial charge in [-0.2, -0.15) is 0 Å². The fourth-order valence-electron chi connectivity index (χ4n) is 3.47. The number of hydrogen-bond acceptors (Lipinski definition) is 6. The summed E-state index contributed by atoms with van der Waals surface area (Å²) in [7, 11) is 0. The van der Waals surface area contributed by atoms with Gasteiger partial charge in [0.15, 0.2) is 6.61 Å². The van der Waals surface area contributed by atoms with Gasteiger partial charge in [-0.3, -0.25) is 14.9 Å². The lowest BCUT2D eigenvalue weighted by Crippen LogP contribution is -2.18. The van der Waals surface area contributed by atoms with Crippen molar-refractivity contribution in [2.75, 3.05) is 13.2 Å². The number of hydrogen-bond donors (Lipinski definition) is 0. The van der Waals surface area contributed by atoms with E-state index in [4.69, 9.17) is 21.1 Å². The molecule has 0 spiro atoms. The topological polar surface area (TPSA) is 101 Å². The monoisotopic (exact) mass is 420 g/mol. The number of ether oxygens (including phenoxy) is 2. The summed E-state index contributed by atoms with van der Waals surface area (Å²) in [5.41, 5.74) is 1.42. The number of nitrogens with zero attached hydrogens (tertiary/aromatic N) is 2. The second kappa shape index (κ2) is 8.75. The number of nitro benzene ring substituents is 1. The summed E-state index contributed by atoms with van der Waals surface area (Å²) in [6.07, 6.45) is 2.14. The van der Waals surface area contributed by atoms with Crippen molar-refractivity contribution >= 4 is 29.0 Å². The molecule has 0 aliphatic carbocycles. The lowest BCUT2D eigenvalue weighted by Gasteiger charge is -2.14. The van der Waals surface area contributed by atoms with Crippen LogP contribution >= 0.6 is 11.6 Å². The molecule has 1 aromatic heterocycles. The highest BCUT2D eigenvalue weighted by molar-refractivity contribution is 6.31. The molecule has 1 fully saturated rings. The van der Waals surface area contributed by atoms with Crippen molar-refractivity contribution in [2.45, 2.75) is 39.3 Å². The first kappa shape index (κ1) is 21.0. The van der Waals surface area contributed by atoms with Crippen LogP contribution in [0.5, 0.6) is 0 Å². The van der Waals surface area contributed by atoms with Gasteiger partial charge in [-0.15, -0.1) is 0 Å². The highest BCUT2D eigenvalue weighted by Crippen LogP contribution is 2.24. The molecule has 1 atom stereocenters. The van der Waals surface area contributed by atoms with Crippen molar-refractivity contribution in [3.63, 3.8) is 0 Å².